The number of hydrogen-bond donors (Lipinski definition) is 0. The van der Waals surface area contributed by atoms with Crippen molar-refractivity contribution in [1.82, 2.24) is 0 Å². The van der Waals surface area contributed by atoms with Crippen LogP contribution in [0.2, 0.25) is 0 Å². The van der Waals surface area contributed by atoms with Crippen LogP contribution in [0.1, 0.15) is 46.5 Å². The van der Waals surface area contributed by atoms with Crippen molar-refractivity contribution in [2.45, 2.75) is 52.6 Å². The second-order valence-corrected chi connectivity index (χ2v) is 6.27. The van der Waals surface area contributed by atoms with Gasteiger partial charge in [0.15, 0.2) is 0 Å². The zero-order valence-electron chi connectivity index (χ0n) is 11.7. The Bertz CT molecular complexity index is 221. The van der Waals surface area contributed by atoms with E-state index in [0.717, 1.165) is 43.5 Å². The van der Waals surface area contributed by atoms with E-state index in [4.69, 9.17) is 9.47 Å². The van der Waals surface area contributed by atoms with Gasteiger partial charge < -0.3 is 9.47 Å². The summed E-state index contributed by atoms with van der Waals surface area (Å²) in [6.45, 7) is 10.0. The summed E-state index contributed by atoms with van der Waals surface area (Å²) in [4.78, 5) is 0. The second kappa shape index (κ2) is 6.19. The third-order valence-corrected chi connectivity index (χ3v) is 4.79. The molecule has 0 aromatic heterocycles. The van der Waals surface area contributed by atoms with Crippen LogP contribution >= 0.6 is 0 Å². The number of hydrogen-bond acceptors (Lipinski definition) is 2. The van der Waals surface area contributed by atoms with E-state index < -0.39 is 0 Å². The third kappa shape index (κ3) is 3.45. The molecule has 0 amide bonds. The van der Waals surface area contributed by atoms with Crippen molar-refractivity contribution in [3.8, 4) is 0 Å². The fourth-order valence-electron chi connectivity index (χ4n) is 3.51. The van der Waals surface area contributed by atoms with E-state index >= 15 is 0 Å². The minimum Gasteiger partial charge on any atom is -0.381 e. The van der Waals surface area contributed by atoms with Crippen molar-refractivity contribution >= 4 is 0 Å². The Morgan fingerprint density at radius 2 is 1.71 bits per heavy atom. The highest BCUT2D eigenvalue weighted by molar-refractivity contribution is 4.82. The predicted molar refractivity (Wildman–Crippen MR) is 70.0 cm³/mol. The lowest BCUT2D eigenvalue weighted by atomic mass is 9.79. The zero-order valence-corrected chi connectivity index (χ0v) is 11.7. The van der Waals surface area contributed by atoms with Crippen LogP contribution in [0.5, 0.6) is 0 Å². The van der Waals surface area contributed by atoms with Crippen molar-refractivity contribution in [1.29, 1.82) is 0 Å². The largest absolute Gasteiger partial charge is 0.381 e. The average Bonchev–Trinajstić information content (AvgIpc) is 2.78. The Morgan fingerprint density at radius 1 is 1.00 bits per heavy atom. The summed E-state index contributed by atoms with van der Waals surface area (Å²) in [6, 6.07) is 0. The first-order valence-corrected chi connectivity index (χ1v) is 7.38. The summed E-state index contributed by atoms with van der Waals surface area (Å²) in [5.41, 5.74) is 0. The van der Waals surface area contributed by atoms with Gasteiger partial charge in [-0.1, -0.05) is 20.8 Å². The van der Waals surface area contributed by atoms with Gasteiger partial charge in [0, 0.05) is 19.8 Å². The van der Waals surface area contributed by atoms with Crippen LogP contribution in [0.4, 0.5) is 0 Å². The van der Waals surface area contributed by atoms with Crippen molar-refractivity contribution in [3.63, 3.8) is 0 Å². The molecule has 0 saturated carbocycles. The molecule has 2 heterocycles. The number of rotatable bonds is 4. The van der Waals surface area contributed by atoms with Crippen LogP contribution in [0, 0.1) is 23.7 Å². The van der Waals surface area contributed by atoms with Gasteiger partial charge in [-0.2, -0.15) is 0 Å². The van der Waals surface area contributed by atoms with Crippen LogP contribution in [-0.4, -0.2) is 25.9 Å². The van der Waals surface area contributed by atoms with Gasteiger partial charge in [-0.25, -0.2) is 0 Å². The molecule has 0 radical (unpaired) electrons. The van der Waals surface area contributed by atoms with Crippen LogP contribution in [0.15, 0.2) is 0 Å². The Hall–Kier alpha value is -0.0800. The van der Waals surface area contributed by atoms with E-state index in [9.17, 15) is 0 Å². The van der Waals surface area contributed by atoms with Crippen molar-refractivity contribution in [2.24, 2.45) is 23.7 Å². The van der Waals surface area contributed by atoms with Gasteiger partial charge in [0.1, 0.15) is 0 Å². The van der Waals surface area contributed by atoms with Gasteiger partial charge >= 0.3 is 0 Å². The summed E-state index contributed by atoms with van der Waals surface area (Å²) < 4.78 is 11.4. The molecule has 0 aromatic carbocycles. The van der Waals surface area contributed by atoms with Crippen LogP contribution < -0.4 is 0 Å². The molecule has 3 atom stereocenters. The Kier molecular flexibility index (Phi) is 4.87. The quantitative estimate of drug-likeness (QED) is 0.749. The summed E-state index contributed by atoms with van der Waals surface area (Å²) >= 11 is 0. The van der Waals surface area contributed by atoms with Gasteiger partial charge in [0.05, 0.1) is 6.10 Å². The highest BCUT2D eigenvalue weighted by atomic mass is 16.5. The first-order valence-electron chi connectivity index (χ1n) is 7.38. The van der Waals surface area contributed by atoms with Crippen LogP contribution in [0.25, 0.3) is 0 Å². The molecular weight excluding hydrogens is 212 g/mol. The fraction of sp³-hybridized carbons (Fsp3) is 1.00. The first-order chi connectivity index (χ1) is 8.18. The van der Waals surface area contributed by atoms with Gasteiger partial charge in [-0.3, -0.25) is 0 Å². The molecule has 0 aromatic rings. The summed E-state index contributed by atoms with van der Waals surface area (Å²) in [5.74, 6) is 3.21. The maximum Gasteiger partial charge on any atom is 0.0609 e. The highest BCUT2D eigenvalue weighted by Crippen LogP contribution is 2.35. The highest BCUT2D eigenvalue weighted by Gasteiger charge is 2.33. The average molecular weight is 240 g/mol. The van der Waals surface area contributed by atoms with Gasteiger partial charge in [-0.15, -0.1) is 0 Å². The molecule has 2 heteroatoms. The maximum absolute atomic E-state index is 5.96. The van der Waals surface area contributed by atoms with E-state index in [2.05, 4.69) is 20.8 Å². The van der Waals surface area contributed by atoms with E-state index in [1.807, 2.05) is 0 Å². The second-order valence-electron chi connectivity index (χ2n) is 6.27. The Balaban J connectivity index is 1.82. The van der Waals surface area contributed by atoms with E-state index in [1.165, 1.54) is 25.7 Å². The topological polar surface area (TPSA) is 18.5 Å². The lowest BCUT2D eigenvalue weighted by molar-refractivity contribution is 0.0194. The fourth-order valence-corrected chi connectivity index (χ4v) is 3.51. The lowest BCUT2D eigenvalue weighted by Crippen LogP contribution is -2.28. The normalized spacial score (nSPS) is 33.2. The summed E-state index contributed by atoms with van der Waals surface area (Å²) in [5, 5.41) is 0. The molecule has 0 N–H and O–H groups in total. The molecule has 2 nitrogen and oxygen atoms in total. The third-order valence-electron chi connectivity index (χ3n) is 4.79. The molecule has 2 rings (SSSR count). The lowest BCUT2D eigenvalue weighted by Gasteiger charge is -2.31. The number of ether oxygens (including phenoxy) is 2. The molecule has 0 aliphatic carbocycles. The smallest absolute Gasteiger partial charge is 0.0609 e. The molecule has 2 aliphatic heterocycles. The molecule has 2 saturated heterocycles. The Morgan fingerprint density at radius 3 is 2.35 bits per heavy atom. The summed E-state index contributed by atoms with van der Waals surface area (Å²) in [7, 11) is 0. The monoisotopic (exact) mass is 240 g/mol. The molecule has 0 spiro atoms. The standard InChI is InChI=1S/C15H28O2/c1-11(2)14-6-9-17-15(14)10-12(3)13-4-7-16-8-5-13/h11-15H,4-10H2,1-3H3. The molecule has 17 heavy (non-hydrogen) atoms. The van der Waals surface area contributed by atoms with Crippen LogP contribution in [-0.2, 0) is 9.47 Å². The molecule has 3 unspecified atom stereocenters. The molecule has 100 valence electrons. The molecular formula is C15H28O2. The van der Waals surface area contributed by atoms with Crippen molar-refractivity contribution < 1.29 is 9.47 Å². The predicted octanol–water partition coefficient (Wildman–Crippen LogP) is 3.50. The van der Waals surface area contributed by atoms with Gasteiger partial charge in [0.25, 0.3) is 0 Å². The first kappa shape index (κ1) is 13.4. The minimum absolute atomic E-state index is 0.521. The molecule has 2 aliphatic rings. The van der Waals surface area contributed by atoms with E-state index in [0.29, 0.717) is 6.10 Å². The molecule has 0 bridgehead atoms. The van der Waals surface area contributed by atoms with Crippen LogP contribution in [0.3, 0.4) is 0 Å². The Labute approximate surface area is 106 Å². The van der Waals surface area contributed by atoms with Crippen molar-refractivity contribution in [3.05, 3.63) is 0 Å². The van der Waals surface area contributed by atoms with Gasteiger partial charge in [0.2, 0.25) is 0 Å². The van der Waals surface area contributed by atoms with Crippen molar-refractivity contribution in [2.75, 3.05) is 19.8 Å². The molecule has 2 fully saturated rings. The van der Waals surface area contributed by atoms with E-state index in [-0.39, 0.29) is 0 Å². The zero-order chi connectivity index (χ0) is 12.3. The summed E-state index contributed by atoms with van der Waals surface area (Å²) in [6.07, 6.45) is 5.55. The van der Waals surface area contributed by atoms with E-state index in [1.54, 1.807) is 0 Å². The SMILES string of the molecule is CC(C)C1CCOC1CC(C)C1CCOCC1. The van der Waals surface area contributed by atoms with Gasteiger partial charge in [-0.05, 0) is 49.4 Å². The minimum atomic E-state index is 0.521. The maximum atomic E-state index is 5.96.